The molecule has 0 saturated heterocycles. The molecule has 0 saturated carbocycles. The normalized spacial score (nSPS) is 16.4. The fourth-order valence-electron chi connectivity index (χ4n) is 4.06. The van der Waals surface area contributed by atoms with Gasteiger partial charge in [0.15, 0.2) is 0 Å². The number of fused-ring (bicyclic) bond motifs is 1. The van der Waals surface area contributed by atoms with Crippen molar-refractivity contribution in [3.05, 3.63) is 64.4 Å². The van der Waals surface area contributed by atoms with E-state index in [-0.39, 0.29) is 25.1 Å². The summed E-state index contributed by atoms with van der Waals surface area (Å²) in [5.74, 6) is 0.814. The molecule has 1 aliphatic heterocycles. The van der Waals surface area contributed by atoms with Crippen LogP contribution in [0.1, 0.15) is 22.0 Å². The Morgan fingerprint density at radius 2 is 2.15 bits per heavy atom. The van der Waals surface area contributed by atoms with Crippen LogP contribution < -0.4 is 4.74 Å². The van der Waals surface area contributed by atoms with E-state index in [1.165, 1.54) is 10.4 Å². The van der Waals surface area contributed by atoms with Crippen molar-refractivity contribution < 1.29 is 24.1 Å². The Kier molecular flexibility index (Phi) is 10.6. The molecule has 186 valence electrons. The molecule has 0 fully saturated rings. The first-order valence-corrected chi connectivity index (χ1v) is 12.5. The van der Waals surface area contributed by atoms with Crippen molar-refractivity contribution in [1.29, 1.82) is 0 Å². The van der Waals surface area contributed by atoms with Crippen LogP contribution in [0, 0.1) is 6.92 Å². The van der Waals surface area contributed by atoms with Crippen LogP contribution in [0.25, 0.3) is 0 Å². The molecule has 1 aromatic heterocycles. The molecule has 0 spiro atoms. The molecular weight excluding hydrogens is 452 g/mol. The van der Waals surface area contributed by atoms with Crippen LogP contribution >= 0.6 is 11.3 Å². The topological polar surface area (TPSA) is 71.5 Å². The molecule has 7 nitrogen and oxygen atoms in total. The monoisotopic (exact) mass is 488 g/mol. The lowest BCUT2D eigenvalue weighted by Gasteiger charge is -2.37. The summed E-state index contributed by atoms with van der Waals surface area (Å²) in [7, 11) is 1.63. The molecule has 0 aliphatic carbocycles. The molecule has 0 unspecified atom stereocenters. The van der Waals surface area contributed by atoms with Crippen molar-refractivity contribution in [2.75, 3.05) is 59.7 Å². The van der Waals surface area contributed by atoms with Gasteiger partial charge in [0.05, 0.1) is 38.5 Å². The first-order chi connectivity index (χ1) is 16.5. The van der Waals surface area contributed by atoms with Gasteiger partial charge in [-0.2, -0.15) is 0 Å². The van der Waals surface area contributed by atoms with Crippen molar-refractivity contribution in [3.63, 3.8) is 0 Å². The second-order valence-corrected chi connectivity index (χ2v) is 9.48. The van der Waals surface area contributed by atoms with Crippen molar-refractivity contribution in [3.8, 4) is 5.75 Å². The number of rotatable bonds is 14. The Hall–Kier alpha value is -2.23. The summed E-state index contributed by atoms with van der Waals surface area (Å²) in [6.07, 6.45) is 1.79. The smallest absolute Gasteiger partial charge is 0.237 e. The number of hydrogen-bond acceptors (Lipinski definition) is 7. The molecule has 0 bridgehead atoms. The zero-order valence-electron chi connectivity index (χ0n) is 20.2. The molecule has 0 radical (unpaired) electrons. The predicted molar refractivity (Wildman–Crippen MR) is 134 cm³/mol. The zero-order valence-corrected chi connectivity index (χ0v) is 21.0. The molecular formula is C26H36N2O5S. The highest BCUT2D eigenvalue weighted by atomic mass is 32.1. The number of methoxy groups -OCH3 is 1. The molecule has 8 heteroatoms. The highest BCUT2D eigenvalue weighted by molar-refractivity contribution is 7.10. The van der Waals surface area contributed by atoms with Gasteiger partial charge in [0.1, 0.15) is 12.4 Å². The summed E-state index contributed by atoms with van der Waals surface area (Å²) < 4.78 is 16.7. The van der Waals surface area contributed by atoms with E-state index < -0.39 is 6.10 Å². The van der Waals surface area contributed by atoms with Gasteiger partial charge in [-0.3, -0.25) is 9.69 Å². The van der Waals surface area contributed by atoms with Gasteiger partial charge in [0.2, 0.25) is 5.91 Å². The van der Waals surface area contributed by atoms with Gasteiger partial charge in [-0.15, -0.1) is 17.9 Å². The molecule has 2 atom stereocenters. The second-order valence-electron chi connectivity index (χ2n) is 8.48. The Balaban J connectivity index is 1.67. The summed E-state index contributed by atoms with van der Waals surface area (Å²) in [6.45, 7) is 8.82. The number of amides is 1. The van der Waals surface area contributed by atoms with E-state index in [0.29, 0.717) is 39.5 Å². The van der Waals surface area contributed by atoms with Crippen molar-refractivity contribution in [2.24, 2.45) is 0 Å². The summed E-state index contributed by atoms with van der Waals surface area (Å²) in [4.78, 5) is 18.6. The average Bonchev–Trinajstić information content (AvgIpc) is 3.31. The number of nitrogens with zero attached hydrogens (tertiary/aromatic N) is 2. The summed E-state index contributed by atoms with van der Waals surface area (Å²) >= 11 is 1.73. The molecule has 1 amide bonds. The minimum Gasteiger partial charge on any atom is -0.491 e. The molecule has 2 aromatic rings. The molecule has 3 rings (SSSR count). The number of thiophene rings is 1. The van der Waals surface area contributed by atoms with Gasteiger partial charge in [-0.05, 0) is 42.5 Å². The Morgan fingerprint density at radius 1 is 1.35 bits per heavy atom. The Labute approximate surface area is 206 Å². The highest BCUT2D eigenvalue weighted by Gasteiger charge is 2.33. The van der Waals surface area contributed by atoms with Crippen LogP contribution in [0.4, 0.5) is 0 Å². The van der Waals surface area contributed by atoms with Crippen molar-refractivity contribution >= 4 is 17.2 Å². The number of ether oxygens (including phenoxy) is 3. The third kappa shape index (κ3) is 7.65. The molecule has 2 heterocycles. The minimum atomic E-state index is -0.699. The van der Waals surface area contributed by atoms with E-state index in [1.54, 1.807) is 24.5 Å². The third-order valence-electron chi connectivity index (χ3n) is 5.83. The number of carbonyl (C=O) groups excluding carboxylic acids is 1. The van der Waals surface area contributed by atoms with Crippen LogP contribution in [0.3, 0.4) is 0 Å². The largest absolute Gasteiger partial charge is 0.491 e. The first-order valence-electron chi connectivity index (χ1n) is 11.6. The van der Waals surface area contributed by atoms with Gasteiger partial charge in [0.25, 0.3) is 0 Å². The molecule has 1 aromatic carbocycles. The van der Waals surface area contributed by atoms with E-state index >= 15 is 0 Å². The van der Waals surface area contributed by atoms with Crippen molar-refractivity contribution in [2.45, 2.75) is 25.5 Å². The SMILES string of the molecule is C=CCOC[C@@H](O)CN(CCOC)CC(=O)N1CCc2sccc2[C@H]1COc1ccc(C)cc1. The average molecular weight is 489 g/mol. The zero-order chi connectivity index (χ0) is 24.3. The van der Waals surface area contributed by atoms with Crippen LogP contribution in [-0.4, -0.2) is 86.6 Å². The van der Waals surface area contributed by atoms with Crippen LogP contribution in [0.5, 0.6) is 5.75 Å². The van der Waals surface area contributed by atoms with Gasteiger partial charge >= 0.3 is 0 Å². The Bertz CT molecular complexity index is 901. The summed E-state index contributed by atoms with van der Waals surface area (Å²) in [5, 5.41) is 12.5. The van der Waals surface area contributed by atoms with Crippen LogP contribution in [-0.2, 0) is 20.7 Å². The van der Waals surface area contributed by atoms with E-state index in [1.807, 2.05) is 41.0 Å². The molecule has 34 heavy (non-hydrogen) atoms. The van der Waals surface area contributed by atoms with Gasteiger partial charge in [-0.1, -0.05) is 23.8 Å². The summed E-state index contributed by atoms with van der Waals surface area (Å²) in [6, 6.07) is 9.92. The number of hydrogen-bond donors (Lipinski definition) is 1. The maximum Gasteiger partial charge on any atom is 0.237 e. The fourth-order valence-corrected chi connectivity index (χ4v) is 4.99. The first kappa shape index (κ1) is 26.4. The van der Waals surface area contributed by atoms with Gasteiger partial charge in [-0.25, -0.2) is 0 Å². The third-order valence-corrected chi connectivity index (χ3v) is 6.83. The van der Waals surface area contributed by atoms with Crippen LogP contribution in [0.15, 0.2) is 48.4 Å². The standard InChI is InChI=1S/C26H36N2O5S/c1-4-13-32-18-21(29)16-27(12-14-31-3)17-26(30)28-11-9-25-23(10-15-34-25)24(28)19-33-22-7-5-20(2)6-8-22/h4-8,10,15,21,24,29H,1,9,11-14,16-19H2,2-3H3/t21-,24+/m0/s1. The van der Waals surface area contributed by atoms with E-state index in [2.05, 4.69) is 18.0 Å². The van der Waals surface area contributed by atoms with Gasteiger partial charge < -0.3 is 24.2 Å². The highest BCUT2D eigenvalue weighted by Crippen LogP contribution is 2.34. The van der Waals surface area contributed by atoms with Crippen LogP contribution in [0.2, 0.25) is 0 Å². The second kappa shape index (κ2) is 13.6. The maximum absolute atomic E-state index is 13.5. The number of aliphatic hydroxyl groups is 1. The number of aliphatic hydroxyl groups excluding tert-OH is 1. The lowest BCUT2D eigenvalue weighted by atomic mass is 10.0. The summed E-state index contributed by atoms with van der Waals surface area (Å²) in [5.41, 5.74) is 2.34. The van der Waals surface area contributed by atoms with Crippen molar-refractivity contribution in [1.82, 2.24) is 9.80 Å². The fraction of sp³-hybridized carbons (Fsp3) is 0.500. The number of aryl methyl sites for hydroxylation is 1. The maximum atomic E-state index is 13.5. The number of carbonyl (C=O) groups is 1. The van der Waals surface area contributed by atoms with E-state index in [9.17, 15) is 9.90 Å². The van der Waals surface area contributed by atoms with Gasteiger partial charge in [0, 0.05) is 31.6 Å². The predicted octanol–water partition coefficient (Wildman–Crippen LogP) is 3.07. The molecule has 1 N–H and O–H groups in total. The molecule has 1 aliphatic rings. The number of benzene rings is 1. The quantitative estimate of drug-likeness (QED) is 0.326. The minimum absolute atomic E-state index is 0.0182. The lowest BCUT2D eigenvalue weighted by molar-refractivity contribution is -0.136. The Morgan fingerprint density at radius 3 is 2.88 bits per heavy atom. The van der Waals surface area contributed by atoms with E-state index in [4.69, 9.17) is 14.2 Å². The van der Waals surface area contributed by atoms with E-state index in [0.717, 1.165) is 17.7 Å². The lowest BCUT2D eigenvalue weighted by Crippen LogP contribution is -2.48.